The smallest absolute Gasteiger partial charge is 0.320 e. The zero-order valence-corrected chi connectivity index (χ0v) is 11.6. The van der Waals surface area contributed by atoms with Crippen LogP contribution in [0.3, 0.4) is 0 Å². The molecule has 2 amide bonds. The first kappa shape index (κ1) is 13.1. The molecular formula is C13H14N6O2. The van der Waals surface area contributed by atoms with Gasteiger partial charge in [-0.3, -0.25) is 5.32 Å². The summed E-state index contributed by atoms with van der Waals surface area (Å²) < 4.78 is 7.18. The van der Waals surface area contributed by atoms with E-state index in [1.807, 2.05) is 25.3 Å². The van der Waals surface area contributed by atoms with E-state index in [4.69, 9.17) is 4.42 Å². The SMILES string of the molecule is CCNC(=O)Nc1cn2ccc(-c3nnc(C)o3)cc2n1. The maximum absolute atomic E-state index is 11.5. The van der Waals surface area contributed by atoms with Gasteiger partial charge in [-0.15, -0.1) is 10.2 Å². The molecule has 21 heavy (non-hydrogen) atoms. The first-order valence-electron chi connectivity index (χ1n) is 6.50. The molecule has 3 aromatic heterocycles. The summed E-state index contributed by atoms with van der Waals surface area (Å²) in [7, 11) is 0. The highest BCUT2D eigenvalue weighted by Gasteiger charge is 2.09. The summed E-state index contributed by atoms with van der Waals surface area (Å²) in [6.45, 7) is 4.14. The third-order valence-corrected chi connectivity index (χ3v) is 2.81. The Morgan fingerprint density at radius 3 is 3.00 bits per heavy atom. The van der Waals surface area contributed by atoms with E-state index < -0.39 is 0 Å². The molecule has 8 heteroatoms. The van der Waals surface area contributed by atoms with Crippen LogP contribution < -0.4 is 10.6 Å². The molecule has 0 fully saturated rings. The topological polar surface area (TPSA) is 97.4 Å². The maximum Gasteiger partial charge on any atom is 0.320 e. The second-order valence-electron chi connectivity index (χ2n) is 4.42. The van der Waals surface area contributed by atoms with E-state index in [0.29, 0.717) is 29.8 Å². The minimum Gasteiger partial charge on any atom is -0.421 e. The number of aromatic nitrogens is 4. The van der Waals surface area contributed by atoms with Crippen molar-refractivity contribution in [1.29, 1.82) is 0 Å². The molecule has 0 unspecified atom stereocenters. The number of hydrogen-bond acceptors (Lipinski definition) is 5. The molecule has 8 nitrogen and oxygen atoms in total. The van der Waals surface area contributed by atoms with E-state index >= 15 is 0 Å². The van der Waals surface area contributed by atoms with Crippen molar-refractivity contribution in [1.82, 2.24) is 24.9 Å². The van der Waals surface area contributed by atoms with Crippen molar-refractivity contribution in [2.45, 2.75) is 13.8 Å². The van der Waals surface area contributed by atoms with Gasteiger partial charge < -0.3 is 14.1 Å². The van der Waals surface area contributed by atoms with Crippen LogP contribution in [-0.4, -0.2) is 32.2 Å². The molecule has 0 aliphatic carbocycles. The Labute approximate surface area is 120 Å². The third-order valence-electron chi connectivity index (χ3n) is 2.81. The van der Waals surface area contributed by atoms with E-state index in [9.17, 15) is 4.79 Å². The van der Waals surface area contributed by atoms with Gasteiger partial charge in [0.1, 0.15) is 5.65 Å². The fourth-order valence-corrected chi connectivity index (χ4v) is 1.91. The van der Waals surface area contributed by atoms with Crippen LogP contribution in [0.5, 0.6) is 0 Å². The largest absolute Gasteiger partial charge is 0.421 e. The number of carbonyl (C=O) groups is 1. The lowest BCUT2D eigenvalue weighted by Gasteiger charge is -2.00. The van der Waals surface area contributed by atoms with E-state index in [2.05, 4.69) is 25.8 Å². The molecule has 0 spiro atoms. The normalized spacial score (nSPS) is 10.8. The molecule has 0 atom stereocenters. The number of nitrogens with zero attached hydrogens (tertiary/aromatic N) is 4. The van der Waals surface area contributed by atoms with Gasteiger partial charge in [0.15, 0.2) is 5.82 Å². The Balaban J connectivity index is 1.90. The monoisotopic (exact) mass is 286 g/mol. The highest BCUT2D eigenvalue weighted by molar-refractivity contribution is 5.88. The highest BCUT2D eigenvalue weighted by Crippen LogP contribution is 2.20. The van der Waals surface area contributed by atoms with Crippen LogP contribution in [-0.2, 0) is 0 Å². The number of fused-ring (bicyclic) bond motifs is 1. The van der Waals surface area contributed by atoms with E-state index in [1.54, 1.807) is 17.5 Å². The summed E-state index contributed by atoms with van der Waals surface area (Å²) in [6, 6.07) is 3.38. The summed E-state index contributed by atoms with van der Waals surface area (Å²) in [6.07, 6.45) is 3.55. The molecule has 3 heterocycles. The van der Waals surface area contributed by atoms with Crippen molar-refractivity contribution in [3.63, 3.8) is 0 Å². The molecule has 0 bridgehead atoms. The number of urea groups is 1. The zero-order chi connectivity index (χ0) is 14.8. The van der Waals surface area contributed by atoms with Gasteiger partial charge in [0.05, 0.1) is 6.20 Å². The minimum atomic E-state index is -0.284. The van der Waals surface area contributed by atoms with Crippen molar-refractivity contribution in [3.05, 3.63) is 30.4 Å². The Bertz CT molecular complexity index is 791. The average molecular weight is 286 g/mol. The van der Waals surface area contributed by atoms with Gasteiger partial charge in [-0.05, 0) is 19.1 Å². The van der Waals surface area contributed by atoms with Crippen molar-refractivity contribution in [2.75, 3.05) is 11.9 Å². The Morgan fingerprint density at radius 1 is 1.43 bits per heavy atom. The summed E-state index contributed by atoms with van der Waals surface area (Å²) in [5.74, 6) is 1.42. The molecule has 3 aromatic rings. The van der Waals surface area contributed by atoms with Gasteiger partial charge in [0, 0.05) is 25.2 Å². The lowest BCUT2D eigenvalue weighted by atomic mass is 10.2. The van der Waals surface area contributed by atoms with E-state index in [1.165, 1.54) is 0 Å². The lowest BCUT2D eigenvalue weighted by Crippen LogP contribution is -2.28. The number of amides is 2. The van der Waals surface area contributed by atoms with Crippen LogP contribution in [0.15, 0.2) is 28.9 Å². The van der Waals surface area contributed by atoms with Gasteiger partial charge in [-0.1, -0.05) is 0 Å². The molecule has 3 rings (SSSR count). The first-order valence-corrected chi connectivity index (χ1v) is 6.50. The van der Waals surface area contributed by atoms with Crippen LogP contribution >= 0.6 is 0 Å². The number of anilines is 1. The average Bonchev–Trinajstić information content (AvgIpc) is 3.03. The molecule has 0 aromatic carbocycles. The highest BCUT2D eigenvalue weighted by atomic mass is 16.4. The quantitative estimate of drug-likeness (QED) is 0.765. The lowest BCUT2D eigenvalue weighted by molar-refractivity contribution is 0.252. The molecule has 108 valence electrons. The standard InChI is InChI=1S/C13H14N6O2/c1-3-14-13(20)16-10-7-19-5-4-9(6-11(19)15-10)12-18-17-8(2)21-12/h4-7H,3H2,1-2H3,(H2,14,16,20). The number of carbonyl (C=O) groups excluding carboxylic acids is 1. The number of nitrogens with one attached hydrogen (secondary N) is 2. The summed E-state index contributed by atoms with van der Waals surface area (Å²) >= 11 is 0. The molecule has 0 radical (unpaired) electrons. The molecule has 0 aliphatic rings. The Kier molecular flexibility index (Phi) is 3.27. The number of rotatable bonds is 3. The van der Waals surface area contributed by atoms with E-state index in [0.717, 1.165) is 5.56 Å². The fourth-order valence-electron chi connectivity index (χ4n) is 1.91. The van der Waals surface area contributed by atoms with Crippen molar-refractivity contribution in [2.24, 2.45) is 0 Å². The number of hydrogen-bond donors (Lipinski definition) is 2. The second kappa shape index (κ2) is 5.23. The predicted octanol–water partition coefficient (Wildman–Crippen LogP) is 1.83. The van der Waals surface area contributed by atoms with Gasteiger partial charge in [-0.25, -0.2) is 9.78 Å². The Hall–Kier alpha value is -2.90. The number of pyridine rings is 1. The second-order valence-corrected chi connectivity index (χ2v) is 4.42. The molecule has 0 aliphatic heterocycles. The molecule has 0 saturated heterocycles. The maximum atomic E-state index is 11.5. The summed E-state index contributed by atoms with van der Waals surface area (Å²) in [5.41, 5.74) is 1.45. The van der Waals surface area contributed by atoms with Crippen molar-refractivity contribution >= 4 is 17.5 Å². The predicted molar refractivity (Wildman–Crippen MR) is 75.9 cm³/mol. The first-order chi connectivity index (χ1) is 10.2. The van der Waals surface area contributed by atoms with Crippen molar-refractivity contribution in [3.8, 4) is 11.5 Å². The summed E-state index contributed by atoms with van der Waals surface area (Å²) in [5, 5.41) is 13.1. The van der Waals surface area contributed by atoms with Crippen LogP contribution in [0, 0.1) is 6.92 Å². The van der Waals surface area contributed by atoms with Crippen molar-refractivity contribution < 1.29 is 9.21 Å². The zero-order valence-electron chi connectivity index (χ0n) is 11.6. The van der Waals surface area contributed by atoms with Crippen LogP contribution in [0.1, 0.15) is 12.8 Å². The molecule has 0 saturated carbocycles. The van der Waals surface area contributed by atoms with Gasteiger partial charge >= 0.3 is 6.03 Å². The minimum absolute atomic E-state index is 0.284. The van der Waals surface area contributed by atoms with E-state index in [-0.39, 0.29) is 6.03 Å². The van der Waals surface area contributed by atoms with Crippen LogP contribution in [0.2, 0.25) is 0 Å². The van der Waals surface area contributed by atoms with Crippen LogP contribution in [0.25, 0.3) is 17.1 Å². The number of aryl methyl sites for hydroxylation is 1. The van der Waals surface area contributed by atoms with Crippen LogP contribution in [0.4, 0.5) is 10.6 Å². The molecule has 2 N–H and O–H groups in total. The number of imidazole rings is 1. The van der Waals surface area contributed by atoms with Gasteiger partial charge in [0.2, 0.25) is 11.8 Å². The molecular weight excluding hydrogens is 272 g/mol. The Morgan fingerprint density at radius 2 is 2.29 bits per heavy atom. The van der Waals surface area contributed by atoms with Gasteiger partial charge in [-0.2, -0.15) is 0 Å². The third kappa shape index (κ3) is 2.69. The van der Waals surface area contributed by atoms with Gasteiger partial charge in [0.25, 0.3) is 0 Å². The summed E-state index contributed by atoms with van der Waals surface area (Å²) in [4.78, 5) is 15.8. The fraction of sp³-hybridized carbons (Fsp3) is 0.231.